The highest BCUT2D eigenvalue weighted by molar-refractivity contribution is 9.11. The number of ketones is 1. The van der Waals surface area contributed by atoms with Crippen LogP contribution in [0.2, 0.25) is 0 Å². The number of hydrogen-bond acceptors (Lipinski definition) is 3. The molecule has 0 bridgehead atoms. The third kappa shape index (κ3) is 3.89. The Morgan fingerprint density at radius 1 is 1.07 bits per heavy atom. The van der Waals surface area contributed by atoms with Crippen molar-refractivity contribution in [3.8, 4) is 5.75 Å². The SMILES string of the molecule is COc1ccccc1/C=C/C(=O)C1=C(c2ccccc2)C2C=C(Br)C=CC2=NC1=O. The molecule has 1 amide bonds. The molecule has 0 saturated carbocycles. The van der Waals surface area contributed by atoms with Crippen LogP contribution in [0, 0.1) is 5.92 Å². The van der Waals surface area contributed by atoms with Crippen molar-refractivity contribution in [3.63, 3.8) is 0 Å². The van der Waals surface area contributed by atoms with Gasteiger partial charge in [-0.3, -0.25) is 9.59 Å². The summed E-state index contributed by atoms with van der Waals surface area (Å²) in [6, 6.07) is 16.9. The van der Waals surface area contributed by atoms with Crippen molar-refractivity contribution in [2.45, 2.75) is 0 Å². The van der Waals surface area contributed by atoms with Crippen LogP contribution in [-0.4, -0.2) is 24.5 Å². The normalized spacial score (nSPS) is 18.2. The molecule has 0 aromatic heterocycles. The first-order chi connectivity index (χ1) is 14.6. The van der Waals surface area contributed by atoms with Gasteiger partial charge in [0.1, 0.15) is 5.75 Å². The molecular formula is C25H18BrNO3. The number of carbonyl (C=O) groups is 2. The highest BCUT2D eigenvalue weighted by atomic mass is 79.9. The number of fused-ring (bicyclic) bond motifs is 1. The Labute approximate surface area is 183 Å². The number of para-hydroxylation sites is 1. The zero-order valence-corrected chi connectivity index (χ0v) is 17.8. The van der Waals surface area contributed by atoms with Crippen LogP contribution >= 0.6 is 15.9 Å². The number of rotatable bonds is 5. The Morgan fingerprint density at radius 3 is 2.57 bits per heavy atom. The Morgan fingerprint density at radius 2 is 1.80 bits per heavy atom. The standard InChI is InChI=1S/C25H18BrNO3/c1-30-22-10-6-5-7-16(22)11-14-21(28)24-23(17-8-3-2-4-9-17)19-15-18(26)12-13-20(19)27-25(24)29/h2-15,19H,1H3/b14-11+. The van der Waals surface area contributed by atoms with Crippen LogP contribution in [-0.2, 0) is 9.59 Å². The van der Waals surface area contributed by atoms with E-state index in [0.717, 1.165) is 15.6 Å². The lowest BCUT2D eigenvalue weighted by Gasteiger charge is -2.26. The van der Waals surface area contributed by atoms with Crippen LogP contribution in [0.5, 0.6) is 5.75 Å². The van der Waals surface area contributed by atoms with E-state index in [1.807, 2.05) is 72.8 Å². The van der Waals surface area contributed by atoms with Gasteiger partial charge in [0.2, 0.25) is 0 Å². The van der Waals surface area contributed by atoms with Gasteiger partial charge in [-0.05, 0) is 41.5 Å². The maximum absolute atomic E-state index is 13.2. The van der Waals surface area contributed by atoms with Gasteiger partial charge in [0.15, 0.2) is 5.78 Å². The predicted molar refractivity (Wildman–Crippen MR) is 122 cm³/mol. The lowest BCUT2D eigenvalue weighted by molar-refractivity contribution is -0.118. The van der Waals surface area contributed by atoms with Crippen molar-refractivity contribution < 1.29 is 14.3 Å². The van der Waals surface area contributed by atoms with E-state index in [0.29, 0.717) is 17.0 Å². The lowest BCUT2D eigenvalue weighted by Crippen LogP contribution is -2.27. The summed E-state index contributed by atoms with van der Waals surface area (Å²) in [6.07, 6.45) is 8.69. The second kappa shape index (κ2) is 8.59. The van der Waals surface area contributed by atoms with Gasteiger partial charge in [-0.2, -0.15) is 0 Å². The van der Waals surface area contributed by atoms with E-state index < -0.39 is 5.91 Å². The monoisotopic (exact) mass is 459 g/mol. The molecule has 0 N–H and O–H groups in total. The van der Waals surface area contributed by atoms with E-state index in [-0.39, 0.29) is 17.3 Å². The molecular weight excluding hydrogens is 442 g/mol. The predicted octanol–water partition coefficient (Wildman–Crippen LogP) is 5.18. The molecule has 1 unspecified atom stereocenters. The molecule has 2 aliphatic rings. The number of ether oxygens (including phenoxy) is 1. The lowest BCUT2D eigenvalue weighted by atomic mass is 9.80. The van der Waals surface area contributed by atoms with Gasteiger partial charge in [0.25, 0.3) is 5.91 Å². The maximum Gasteiger partial charge on any atom is 0.281 e. The minimum Gasteiger partial charge on any atom is -0.496 e. The topological polar surface area (TPSA) is 55.7 Å². The molecule has 2 aromatic rings. The van der Waals surface area contributed by atoms with Crippen molar-refractivity contribution in [2.75, 3.05) is 7.11 Å². The zero-order chi connectivity index (χ0) is 21.1. The molecule has 148 valence electrons. The fourth-order valence-electron chi connectivity index (χ4n) is 3.58. The fourth-order valence-corrected chi connectivity index (χ4v) is 3.98. The second-order valence-electron chi connectivity index (χ2n) is 6.80. The molecule has 0 fully saturated rings. The minimum atomic E-state index is -0.522. The third-order valence-electron chi connectivity index (χ3n) is 4.97. The fraction of sp³-hybridized carbons (Fsp3) is 0.0800. The van der Waals surface area contributed by atoms with Crippen LogP contribution in [0.1, 0.15) is 11.1 Å². The smallest absolute Gasteiger partial charge is 0.281 e. The van der Waals surface area contributed by atoms with Gasteiger partial charge in [-0.15, -0.1) is 0 Å². The molecule has 0 radical (unpaired) electrons. The summed E-state index contributed by atoms with van der Waals surface area (Å²) in [5, 5.41) is 0. The summed E-state index contributed by atoms with van der Waals surface area (Å²) < 4.78 is 6.21. The average Bonchev–Trinajstić information content (AvgIpc) is 2.77. The number of benzene rings is 2. The quantitative estimate of drug-likeness (QED) is 0.457. The number of halogens is 1. The number of nitrogens with zero attached hydrogens (tertiary/aromatic N) is 1. The Balaban J connectivity index is 1.81. The minimum absolute atomic E-state index is 0.0907. The Hall–Kier alpha value is -3.31. The van der Waals surface area contributed by atoms with Gasteiger partial charge in [-0.25, -0.2) is 4.99 Å². The molecule has 1 aliphatic heterocycles. The highest BCUT2D eigenvalue weighted by Crippen LogP contribution is 2.37. The molecule has 5 heteroatoms. The summed E-state index contributed by atoms with van der Waals surface area (Å²) in [6.45, 7) is 0. The van der Waals surface area contributed by atoms with Crippen LogP contribution in [0.15, 0.2) is 93.9 Å². The second-order valence-corrected chi connectivity index (χ2v) is 7.71. The van der Waals surface area contributed by atoms with E-state index in [2.05, 4.69) is 20.9 Å². The summed E-state index contributed by atoms with van der Waals surface area (Å²) >= 11 is 3.50. The van der Waals surface area contributed by atoms with E-state index in [1.165, 1.54) is 6.08 Å². The van der Waals surface area contributed by atoms with Gasteiger partial charge in [-0.1, -0.05) is 70.5 Å². The highest BCUT2D eigenvalue weighted by Gasteiger charge is 2.34. The van der Waals surface area contributed by atoms with Crippen LogP contribution in [0.3, 0.4) is 0 Å². The molecule has 0 spiro atoms. The molecule has 4 rings (SSSR count). The molecule has 30 heavy (non-hydrogen) atoms. The van der Waals surface area contributed by atoms with Crippen molar-refractivity contribution in [1.29, 1.82) is 0 Å². The van der Waals surface area contributed by atoms with Gasteiger partial charge in [0.05, 0.1) is 18.4 Å². The Kier molecular flexibility index (Phi) is 5.72. The summed E-state index contributed by atoms with van der Waals surface area (Å²) in [7, 11) is 1.58. The molecule has 2 aromatic carbocycles. The number of hydrogen-bond donors (Lipinski definition) is 0. The third-order valence-corrected chi connectivity index (χ3v) is 5.50. The average molecular weight is 460 g/mol. The number of carbonyl (C=O) groups excluding carboxylic acids is 2. The summed E-state index contributed by atoms with van der Waals surface area (Å²) in [5.41, 5.74) is 2.97. The van der Waals surface area contributed by atoms with Crippen LogP contribution in [0.25, 0.3) is 11.6 Å². The number of methoxy groups -OCH3 is 1. The van der Waals surface area contributed by atoms with Gasteiger partial charge >= 0.3 is 0 Å². The molecule has 1 atom stereocenters. The summed E-state index contributed by atoms with van der Waals surface area (Å²) in [4.78, 5) is 30.3. The van der Waals surface area contributed by atoms with Gasteiger partial charge in [0, 0.05) is 16.0 Å². The molecule has 1 aliphatic carbocycles. The maximum atomic E-state index is 13.2. The van der Waals surface area contributed by atoms with Crippen molar-refractivity contribution in [3.05, 3.63) is 100 Å². The van der Waals surface area contributed by atoms with Crippen LogP contribution in [0.4, 0.5) is 0 Å². The van der Waals surface area contributed by atoms with Crippen molar-refractivity contribution in [1.82, 2.24) is 0 Å². The molecule has 0 saturated heterocycles. The van der Waals surface area contributed by atoms with Crippen molar-refractivity contribution >= 4 is 45.0 Å². The van der Waals surface area contributed by atoms with E-state index >= 15 is 0 Å². The Bertz CT molecular complexity index is 1170. The van der Waals surface area contributed by atoms with Crippen molar-refractivity contribution in [2.24, 2.45) is 10.9 Å². The van der Waals surface area contributed by atoms with E-state index in [1.54, 1.807) is 13.2 Å². The van der Waals surface area contributed by atoms with E-state index in [4.69, 9.17) is 4.74 Å². The summed E-state index contributed by atoms with van der Waals surface area (Å²) in [5.74, 6) is -0.529. The van der Waals surface area contributed by atoms with Gasteiger partial charge < -0.3 is 4.74 Å². The number of allylic oxidation sites excluding steroid dienone is 6. The first-order valence-electron chi connectivity index (χ1n) is 9.42. The first-order valence-corrected chi connectivity index (χ1v) is 10.2. The largest absolute Gasteiger partial charge is 0.496 e. The molecule has 4 nitrogen and oxygen atoms in total. The first kappa shape index (κ1) is 20.0. The van der Waals surface area contributed by atoms with Crippen LogP contribution < -0.4 is 4.74 Å². The number of dihydropyridines is 1. The zero-order valence-electron chi connectivity index (χ0n) is 16.2. The number of amides is 1. The molecule has 1 heterocycles. The number of aliphatic imine (C=N–C) groups is 1. The van der Waals surface area contributed by atoms with E-state index in [9.17, 15) is 9.59 Å².